The first-order valence-electron chi connectivity index (χ1n) is 3.56. The fourth-order valence-electron chi connectivity index (χ4n) is 1.07. The molecule has 1 aromatic rings. The molecule has 1 N–H and O–H groups in total. The van der Waals surface area contributed by atoms with Gasteiger partial charge in [0.2, 0.25) is 0 Å². The fraction of sp³-hybridized carbons (Fsp3) is 0.250. The molecule has 0 saturated carbocycles. The Kier molecular flexibility index (Phi) is 1.58. The number of nitrogens with one attached hydrogen (secondary N) is 1. The lowest BCUT2D eigenvalue weighted by atomic mass is 10.1. The molecular formula is C8H6F3N. The molecule has 4 heteroatoms. The summed E-state index contributed by atoms with van der Waals surface area (Å²) >= 11 is 0. The van der Waals surface area contributed by atoms with E-state index < -0.39 is 17.5 Å². The predicted octanol–water partition coefficient (Wildman–Crippen LogP) is 1.75. The molecule has 0 unspecified atom stereocenters. The molecule has 0 aliphatic carbocycles. The number of benzene rings is 1. The van der Waals surface area contributed by atoms with Gasteiger partial charge in [-0.1, -0.05) is 0 Å². The molecule has 0 amide bonds. The van der Waals surface area contributed by atoms with Gasteiger partial charge >= 0.3 is 0 Å². The van der Waals surface area contributed by atoms with Gasteiger partial charge < -0.3 is 5.32 Å². The second kappa shape index (κ2) is 2.48. The van der Waals surface area contributed by atoms with Gasteiger partial charge in [0.15, 0.2) is 17.5 Å². The molecule has 1 saturated heterocycles. The largest absolute Gasteiger partial charge is 0.307 e. The maximum Gasteiger partial charge on any atom is 0.194 e. The van der Waals surface area contributed by atoms with Crippen LogP contribution in [0.4, 0.5) is 13.2 Å². The average Bonchev–Trinajstić information content (AvgIpc) is 2.81. The van der Waals surface area contributed by atoms with E-state index in [1.807, 2.05) is 0 Å². The monoisotopic (exact) mass is 173 g/mol. The van der Waals surface area contributed by atoms with E-state index in [0.717, 1.165) is 12.1 Å². The van der Waals surface area contributed by atoms with Gasteiger partial charge in [0.25, 0.3) is 0 Å². The normalized spacial score (nSPS) is 21.1. The molecule has 2 rings (SSSR count). The van der Waals surface area contributed by atoms with Crippen molar-refractivity contribution in [3.05, 3.63) is 35.1 Å². The van der Waals surface area contributed by atoms with Crippen molar-refractivity contribution in [2.75, 3.05) is 6.54 Å². The highest BCUT2D eigenvalue weighted by Crippen LogP contribution is 2.24. The van der Waals surface area contributed by atoms with E-state index >= 15 is 0 Å². The Labute approximate surface area is 67.2 Å². The van der Waals surface area contributed by atoms with Gasteiger partial charge in [0, 0.05) is 12.6 Å². The Morgan fingerprint density at radius 1 is 1.17 bits per heavy atom. The quantitative estimate of drug-likeness (QED) is 0.507. The van der Waals surface area contributed by atoms with Crippen LogP contribution in [0.3, 0.4) is 0 Å². The number of hydrogen-bond donors (Lipinski definition) is 1. The van der Waals surface area contributed by atoms with Gasteiger partial charge in [0.05, 0.1) is 0 Å². The van der Waals surface area contributed by atoms with E-state index in [1.54, 1.807) is 0 Å². The van der Waals surface area contributed by atoms with E-state index in [0.29, 0.717) is 12.1 Å². The van der Waals surface area contributed by atoms with Crippen LogP contribution in [0, 0.1) is 17.5 Å². The standard InChI is InChI=1S/C8H6F3N/c9-5-1-4(7-3-12-7)2-6(10)8(5)11/h1-2,7,12H,3H2/t7-/m1/s1. The molecule has 12 heavy (non-hydrogen) atoms. The Hall–Kier alpha value is -1.03. The van der Waals surface area contributed by atoms with Crippen molar-refractivity contribution in [3.63, 3.8) is 0 Å². The Balaban J connectivity index is 2.45. The lowest BCUT2D eigenvalue weighted by Crippen LogP contribution is -1.94. The van der Waals surface area contributed by atoms with Gasteiger partial charge in [-0.2, -0.15) is 0 Å². The van der Waals surface area contributed by atoms with Crippen LogP contribution in [0.1, 0.15) is 11.6 Å². The molecule has 1 aliphatic heterocycles. The zero-order valence-corrected chi connectivity index (χ0v) is 6.07. The highest BCUT2D eigenvalue weighted by molar-refractivity contribution is 5.26. The van der Waals surface area contributed by atoms with E-state index in [2.05, 4.69) is 5.32 Å². The molecule has 0 bridgehead atoms. The van der Waals surface area contributed by atoms with Crippen molar-refractivity contribution in [3.8, 4) is 0 Å². The summed E-state index contributed by atoms with van der Waals surface area (Å²) in [6, 6.07) is 2.03. The zero-order valence-electron chi connectivity index (χ0n) is 6.07. The van der Waals surface area contributed by atoms with Crippen LogP contribution < -0.4 is 5.32 Å². The second-order valence-electron chi connectivity index (χ2n) is 2.76. The number of rotatable bonds is 1. The van der Waals surface area contributed by atoms with Gasteiger partial charge in [-0.25, -0.2) is 13.2 Å². The molecule has 0 radical (unpaired) electrons. The third-order valence-corrected chi connectivity index (χ3v) is 1.82. The summed E-state index contributed by atoms with van der Waals surface area (Å²) in [5.74, 6) is -3.66. The molecule has 1 aliphatic rings. The minimum Gasteiger partial charge on any atom is -0.307 e. The Bertz CT molecular complexity index is 297. The van der Waals surface area contributed by atoms with Crippen LogP contribution in [0.25, 0.3) is 0 Å². The van der Waals surface area contributed by atoms with Crippen molar-refractivity contribution in [2.24, 2.45) is 0 Å². The van der Waals surface area contributed by atoms with Gasteiger partial charge in [-0.05, 0) is 17.7 Å². The molecule has 1 nitrogen and oxygen atoms in total. The Morgan fingerprint density at radius 3 is 2.08 bits per heavy atom. The van der Waals surface area contributed by atoms with Crippen molar-refractivity contribution < 1.29 is 13.2 Å². The van der Waals surface area contributed by atoms with Crippen LogP contribution in [0.15, 0.2) is 12.1 Å². The summed E-state index contributed by atoms with van der Waals surface area (Å²) in [5, 5.41) is 2.87. The summed E-state index contributed by atoms with van der Waals surface area (Å²) in [6.07, 6.45) is 0. The minimum absolute atomic E-state index is 0.00500. The van der Waals surface area contributed by atoms with E-state index in [-0.39, 0.29) is 6.04 Å². The van der Waals surface area contributed by atoms with Crippen molar-refractivity contribution in [1.82, 2.24) is 5.32 Å². The number of hydrogen-bond acceptors (Lipinski definition) is 1. The summed E-state index contributed by atoms with van der Waals surface area (Å²) in [7, 11) is 0. The Morgan fingerprint density at radius 2 is 1.67 bits per heavy atom. The minimum atomic E-state index is -1.40. The van der Waals surface area contributed by atoms with E-state index in [9.17, 15) is 13.2 Å². The van der Waals surface area contributed by atoms with E-state index in [1.165, 1.54) is 0 Å². The molecule has 1 aromatic carbocycles. The maximum atomic E-state index is 12.6. The van der Waals surface area contributed by atoms with Crippen molar-refractivity contribution in [1.29, 1.82) is 0 Å². The summed E-state index contributed by atoms with van der Waals surface area (Å²) in [4.78, 5) is 0. The molecule has 0 spiro atoms. The first kappa shape index (κ1) is 7.61. The third kappa shape index (κ3) is 1.18. The molecule has 1 fully saturated rings. The zero-order chi connectivity index (χ0) is 8.72. The first-order valence-corrected chi connectivity index (χ1v) is 3.56. The summed E-state index contributed by atoms with van der Waals surface area (Å²) in [5.41, 5.74) is 0.464. The highest BCUT2D eigenvalue weighted by atomic mass is 19.2. The van der Waals surface area contributed by atoms with Crippen molar-refractivity contribution >= 4 is 0 Å². The summed E-state index contributed by atoms with van der Waals surface area (Å²) in [6.45, 7) is 0.699. The SMILES string of the molecule is Fc1cc([C@H]2CN2)cc(F)c1F. The molecule has 1 heterocycles. The van der Waals surface area contributed by atoms with Gasteiger partial charge in [-0.15, -0.1) is 0 Å². The molecule has 1 atom stereocenters. The van der Waals surface area contributed by atoms with Crippen LogP contribution in [0.5, 0.6) is 0 Å². The first-order chi connectivity index (χ1) is 5.68. The molecule has 0 aromatic heterocycles. The summed E-state index contributed by atoms with van der Waals surface area (Å²) < 4.78 is 37.6. The smallest absolute Gasteiger partial charge is 0.194 e. The lowest BCUT2D eigenvalue weighted by molar-refractivity contribution is 0.445. The third-order valence-electron chi connectivity index (χ3n) is 1.82. The topological polar surface area (TPSA) is 21.9 Å². The highest BCUT2D eigenvalue weighted by Gasteiger charge is 2.24. The number of halogens is 3. The van der Waals surface area contributed by atoms with Crippen LogP contribution in [-0.4, -0.2) is 6.54 Å². The molecule has 64 valence electrons. The molecular weight excluding hydrogens is 167 g/mol. The lowest BCUT2D eigenvalue weighted by Gasteiger charge is -1.99. The van der Waals surface area contributed by atoms with Crippen LogP contribution >= 0.6 is 0 Å². The van der Waals surface area contributed by atoms with Crippen LogP contribution in [-0.2, 0) is 0 Å². The van der Waals surface area contributed by atoms with Gasteiger partial charge in [0.1, 0.15) is 0 Å². The fourth-order valence-corrected chi connectivity index (χ4v) is 1.07. The van der Waals surface area contributed by atoms with E-state index in [4.69, 9.17) is 0 Å². The van der Waals surface area contributed by atoms with Gasteiger partial charge in [-0.3, -0.25) is 0 Å². The second-order valence-corrected chi connectivity index (χ2v) is 2.76. The maximum absolute atomic E-state index is 12.6. The van der Waals surface area contributed by atoms with Crippen LogP contribution in [0.2, 0.25) is 0 Å². The predicted molar refractivity (Wildman–Crippen MR) is 37.1 cm³/mol. The van der Waals surface area contributed by atoms with Crippen molar-refractivity contribution in [2.45, 2.75) is 6.04 Å². The average molecular weight is 173 g/mol.